The first kappa shape index (κ1) is 27.7. The van der Waals surface area contributed by atoms with E-state index in [-0.39, 0.29) is 0 Å². The maximum atomic E-state index is 10.6. The number of aliphatic hydroxyl groups is 3. The lowest BCUT2D eigenvalue weighted by Gasteiger charge is -2.40. The Morgan fingerprint density at radius 1 is 0.500 bits per heavy atom. The zero-order valence-electron chi connectivity index (χ0n) is 20.4. The van der Waals surface area contributed by atoms with Gasteiger partial charge in [0.1, 0.15) is 18.7 Å². The van der Waals surface area contributed by atoms with E-state index >= 15 is 0 Å². The molecule has 0 radical (unpaired) electrons. The van der Waals surface area contributed by atoms with Gasteiger partial charge in [-0.1, -0.05) is 0 Å². The summed E-state index contributed by atoms with van der Waals surface area (Å²) in [6, 6.07) is 0. The zero-order valence-corrected chi connectivity index (χ0v) is 20.4. The third kappa shape index (κ3) is 7.65. The van der Waals surface area contributed by atoms with Crippen molar-refractivity contribution in [3.63, 3.8) is 0 Å². The summed E-state index contributed by atoms with van der Waals surface area (Å²) in [4.78, 5) is 6.25. The molecule has 1 aliphatic heterocycles. The van der Waals surface area contributed by atoms with Crippen molar-refractivity contribution in [2.75, 3.05) is 60.6 Å². The number of nitrogens with zero attached hydrogens (tertiary/aromatic N) is 3. The van der Waals surface area contributed by atoms with Crippen molar-refractivity contribution in [2.24, 2.45) is 0 Å². The van der Waals surface area contributed by atoms with E-state index in [1.165, 1.54) is 0 Å². The van der Waals surface area contributed by atoms with Crippen molar-refractivity contribution in [1.29, 1.82) is 0 Å². The monoisotopic (exact) mass is 435 g/mol. The van der Waals surface area contributed by atoms with Crippen LogP contribution in [0.5, 0.6) is 0 Å². The molecule has 0 aliphatic carbocycles. The van der Waals surface area contributed by atoms with Gasteiger partial charge in [0.25, 0.3) is 0 Å². The van der Waals surface area contributed by atoms with Gasteiger partial charge in [0, 0.05) is 60.6 Å². The summed E-state index contributed by atoms with van der Waals surface area (Å²) in [7, 11) is 4.78. The third-order valence-electron chi connectivity index (χ3n) is 5.50. The van der Waals surface area contributed by atoms with Crippen molar-refractivity contribution in [3.05, 3.63) is 0 Å². The second-order valence-corrected chi connectivity index (χ2v) is 9.83. The van der Waals surface area contributed by atoms with Crippen LogP contribution in [0.25, 0.3) is 0 Å². The molecule has 1 rings (SSSR count). The van der Waals surface area contributed by atoms with Crippen LogP contribution in [0.3, 0.4) is 0 Å². The van der Waals surface area contributed by atoms with E-state index in [9.17, 15) is 15.3 Å². The number of methoxy groups -OCH3 is 3. The molecule has 0 aromatic rings. The lowest BCUT2D eigenvalue weighted by atomic mass is 10.1. The van der Waals surface area contributed by atoms with Crippen LogP contribution in [0.4, 0.5) is 0 Å². The van der Waals surface area contributed by atoms with E-state index in [0.29, 0.717) is 39.3 Å². The maximum absolute atomic E-state index is 10.6. The number of hydrogen-bond acceptors (Lipinski definition) is 9. The molecular formula is C21H45N3O6. The molecule has 0 bridgehead atoms. The normalized spacial score (nSPS) is 22.8. The average Bonchev–Trinajstić information content (AvgIpc) is 2.66. The van der Waals surface area contributed by atoms with Crippen LogP contribution in [-0.4, -0.2) is 126 Å². The first-order valence-electron chi connectivity index (χ1n) is 10.6. The molecule has 0 amide bonds. The van der Waals surface area contributed by atoms with Gasteiger partial charge >= 0.3 is 0 Å². The van der Waals surface area contributed by atoms with Crippen LogP contribution in [0, 0.1) is 0 Å². The molecule has 180 valence electrons. The maximum Gasteiger partial charge on any atom is 0.138 e. The Morgan fingerprint density at radius 3 is 0.767 bits per heavy atom. The standard InChI is InChI=1S/C21H45N3O6/c1-19(2,25)16(28-7)22-10-12-23(17(29-8)20(3,4)26)14-15-24(13-11-22)18(30-9)21(5,6)27/h16-18,25-27H,10-15H2,1-9H3. The molecule has 3 atom stereocenters. The summed E-state index contributed by atoms with van der Waals surface area (Å²) in [5.41, 5.74) is -3.19. The van der Waals surface area contributed by atoms with Crippen molar-refractivity contribution in [1.82, 2.24) is 14.7 Å². The third-order valence-corrected chi connectivity index (χ3v) is 5.50. The fourth-order valence-corrected chi connectivity index (χ4v) is 4.46. The predicted molar refractivity (Wildman–Crippen MR) is 116 cm³/mol. The molecule has 9 heteroatoms. The van der Waals surface area contributed by atoms with E-state index in [4.69, 9.17) is 14.2 Å². The molecule has 9 nitrogen and oxygen atoms in total. The summed E-state index contributed by atoms with van der Waals surface area (Å²) < 4.78 is 16.9. The van der Waals surface area contributed by atoms with Gasteiger partial charge in [-0.2, -0.15) is 0 Å². The average molecular weight is 436 g/mol. The summed E-state index contributed by atoms with van der Waals surface area (Å²) >= 11 is 0. The minimum absolute atomic E-state index is 0.509. The molecule has 1 saturated heterocycles. The predicted octanol–water partition coefficient (Wildman–Crippen LogP) is 0.136. The molecule has 1 aliphatic rings. The molecule has 30 heavy (non-hydrogen) atoms. The largest absolute Gasteiger partial charge is 0.386 e. The number of ether oxygens (including phenoxy) is 3. The zero-order chi connectivity index (χ0) is 23.3. The molecule has 3 N–H and O–H groups in total. The summed E-state index contributed by atoms with van der Waals surface area (Å²) in [6.07, 6.45) is -1.53. The summed E-state index contributed by atoms with van der Waals surface area (Å²) in [5.74, 6) is 0. The van der Waals surface area contributed by atoms with Crippen LogP contribution in [0.1, 0.15) is 41.5 Å². The van der Waals surface area contributed by atoms with E-state index in [1.807, 2.05) is 0 Å². The molecule has 0 spiro atoms. The fraction of sp³-hybridized carbons (Fsp3) is 1.00. The van der Waals surface area contributed by atoms with Gasteiger partial charge in [-0.05, 0) is 41.5 Å². The van der Waals surface area contributed by atoms with Gasteiger partial charge < -0.3 is 29.5 Å². The quantitative estimate of drug-likeness (QED) is 0.467. The van der Waals surface area contributed by atoms with Crippen molar-refractivity contribution in [3.8, 4) is 0 Å². The highest BCUT2D eigenvalue weighted by atomic mass is 16.5. The van der Waals surface area contributed by atoms with Crippen LogP contribution in [-0.2, 0) is 14.2 Å². The Balaban J connectivity index is 3.25. The molecular weight excluding hydrogens is 390 g/mol. The minimum atomic E-state index is -1.06. The van der Waals surface area contributed by atoms with E-state index in [0.717, 1.165) is 0 Å². The van der Waals surface area contributed by atoms with E-state index < -0.39 is 35.5 Å². The Morgan fingerprint density at radius 2 is 0.667 bits per heavy atom. The molecule has 3 unspecified atom stereocenters. The summed E-state index contributed by atoms with van der Waals surface area (Å²) in [5, 5.41) is 31.9. The second-order valence-electron chi connectivity index (χ2n) is 9.83. The topological polar surface area (TPSA) is 98.1 Å². The van der Waals surface area contributed by atoms with Gasteiger partial charge in [0.05, 0.1) is 16.8 Å². The van der Waals surface area contributed by atoms with Crippen LogP contribution < -0.4 is 0 Å². The SMILES string of the molecule is COC(N1CCN(C(OC)C(C)(C)O)CCN(C(OC)C(C)(C)O)CC1)C(C)(C)O. The van der Waals surface area contributed by atoms with Crippen LogP contribution >= 0.6 is 0 Å². The van der Waals surface area contributed by atoms with E-state index in [1.54, 1.807) is 62.9 Å². The molecule has 1 fully saturated rings. The Bertz CT molecular complexity index is 417. The highest BCUT2D eigenvalue weighted by molar-refractivity contribution is 4.87. The molecule has 1 heterocycles. The van der Waals surface area contributed by atoms with Crippen molar-refractivity contribution < 1.29 is 29.5 Å². The first-order chi connectivity index (χ1) is 13.7. The van der Waals surface area contributed by atoms with Gasteiger partial charge in [-0.25, -0.2) is 0 Å². The van der Waals surface area contributed by atoms with Crippen molar-refractivity contribution >= 4 is 0 Å². The van der Waals surface area contributed by atoms with Crippen LogP contribution in [0.15, 0.2) is 0 Å². The molecule has 0 aromatic heterocycles. The van der Waals surface area contributed by atoms with Gasteiger partial charge in [0.15, 0.2) is 0 Å². The number of hydrogen-bond donors (Lipinski definition) is 3. The van der Waals surface area contributed by atoms with E-state index in [2.05, 4.69) is 14.7 Å². The lowest BCUT2D eigenvalue weighted by molar-refractivity contribution is -0.164. The number of rotatable bonds is 9. The van der Waals surface area contributed by atoms with Crippen molar-refractivity contribution in [2.45, 2.75) is 77.0 Å². The molecule has 0 aromatic carbocycles. The van der Waals surface area contributed by atoms with Gasteiger partial charge in [-0.15, -0.1) is 0 Å². The Kier molecular flexibility index (Phi) is 10.1. The van der Waals surface area contributed by atoms with Gasteiger partial charge in [0.2, 0.25) is 0 Å². The Hall–Kier alpha value is -0.360. The first-order valence-corrected chi connectivity index (χ1v) is 10.6. The second kappa shape index (κ2) is 11.0. The lowest BCUT2D eigenvalue weighted by Crippen LogP contribution is -2.56. The smallest absolute Gasteiger partial charge is 0.138 e. The molecule has 0 saturated carbocycles. The highest BCUT2D eigenvalue weighted by Gasteiger charge is 2.39. The Labute approximate surface area is 182 Å². The highest BCUT2D eigenvalue weighted by Crippen LogP contribution is 2.23. The summed E-state index contributed by atoms with van der Waals surface area (Å²) in [6.45, 7) is 14.1. The van der Waals surface area contributed by atoms with Gasteiger partial charge in [-0.3, -0.25) is 14.7 Å². The van der Waals surface area contributed by atoms with Crippen LogP contribution in [0.2, 0.25) is 0 Å². The fourth-order valence-electron chi connectivity index (χ4n) is 4.46. The minimum Gasteiger partial charge on any atom is -0.386 e.